The van der Waals surface area contributed by atoms with E-state index in [-0.39, 0.29) is 22.1 Å². The lowest BCUT2D eigenvalue weighted by atomic mass is 10.0. The molecule has 0 bridgehead atoms. The largest absolute Gasteiger partial charge is 0.477 e. The Balaban J connectivity index is 1.35. The van der Waals surface area contributed by atoms with Gasteiger partial charge in [-0.2, -0.15) is 0 Å². The monoisotopic (exact) mass is 661 g/mol. The number of aromatic carboxylic acids is 1. The number of nitrogens with one attached hydrogen (secondary N) is 1. The van der Waals surface area contributed by atoms with E-state index in [0.717, 1.165) is 36.0 Å². The number of halogens is 1. The van der Waals surface area contributed by atoms with E-state index in [2.05, 4.69) is 20.7 Å². The van der Waals surface area contributed by atoms with Crippen molar-refractivity contribution in [2.75, 3.05) is 0 Å². The molecule has 0 atom stereocenters. The van der Waals surface area contributed by atoms with E-state index in [1.807, 2.05) is 23.6 Å². The Morgan fingerprint density at radius 1 is 1.07 bits per heavy atom. The molecule has 0 unspecified atom stereocenters. The Kier molecular flexibility index (Phi) is 7.70. The minimum Gasteiger partial charge on any atom is -0.477 e. The maximum atomic E-state index is 13.2. The maximum Gasteiger partial charge on any atom is 0.354 e. The summed E-state index contributed by atoms with van der Waals surface area (Å²) in [4.78, 5) is 30.3. The number of nitrogens with zero attached hydrogens (tertiary/aromatic N) is 2. The van der Waals surface area contributed by atoms with Gasteiger partial charge in [-0.1, -0.05) is 49.4 Å². The van der Waals surface area contributed by atoms with Crippen LogP contribution < -0.4 is 4.72 Å². The molecule has 0 aliphatic heterocycles. The number of sulfonamides is 1. The molecule has 0 radical (unpaired) electrons. The SMILES string of the molecule is CCCc1nc(C2CC2)c(C(=O)O)n1Cc1ccc2oc(-c3ccccc3C(=O)NS(=O)(=O)c3ccccc3)c(Br)c2c1. The van der Waals surface area contributed by atoms with Gasteiger partial charge < -0.3 is 14.1 Å². The smallest absolute Gasteiger partial charge is 0.354 e. The van der Waals surface area contributed by atoms with E-state index < -0.39 is 21.9 Å². The van der Waals surface area contributed by atoms with Gasteiger partial charge in [0.1, 0.15) is 17.2 Å². The van der Waals surface area contributed by atoms with Crippen LogP contribution >= 0.6 is 15.9 Å². The van der Waals surface area contributed by atoms with E-state index in [9.17, 15) is 23.1 Å². The van der Waals surface area contributed by atoms with Crippen LogP contribution in [0.15, 0.2) is 86.6 Å². The predicted molar refractivity (Wildman–Crippen MR) is 165 cm³/mol. The second-order valence-electron chi connectivity index (χ2n) is 10.5. The normalized spacial score (nSPS) is 13.3. The van der Waals surface area contributed by atoms with E-state index in [1.165, 1.54) is 18.2 Å². The molecule has 11 heteroatoms. The van der Waals surface area contributed by atoms with Crippen LogP contribution in [0.2, 0.25) is 0 Å². The van der Waals surface area contributed by atoms with E-state index in [4.69, 9.17) is 9.40 Å². The number of carbonyl (C=O) groups excluding carboxylic acids is 1. The first-order valence-electron chi connectivity index (χ1n) is 13.9. The van der Waals surface area contributed by atoms with Crippen molar-refractivity contribution in [1.82, 2.24) is 14.3 Å². The molecule has 9 nitrogen and oxygen atoms in total. The molecule has 1 amide bonds. The summed E-state index contributed by atoms with van der Waals surface area (Å²) in [6.07, 6.45) is 3.43. The summed E-state index contributed by atoms with van der Waals surface area (Å²) >= 11 is 3.64. The highest BCUT2D eigenvalue weighted by atomic mass is 79.9. The van der Waals surface area contributed by atoms with Crippen molar-refractivity contribution in [3.05, 3.63) is 106 Å². The first-order chi connectivity index (χ1) is 20.7. The van der Waals surface area contributed by atoms with Gasteiger partial charge in [0.25, 0.3) is 15.9 Å². The first kappa shape index (κ1) is 28.9. The maximum absolute atomic E-state index is 13.2. The third-order valence-corrected chi connectivity index (χ3v) is 9.58. The van der Waals surface area contributed by atoms with Gasteiger partial charge in [-0.3, -0.25) is 4.79 Å². The van der Waals surface area contributed by atoms with Crippen LogP contribution in [-0.4, -0.2) is 35.0 Å². The quantitative estimate of drug-likeness (QED) is 0.169. The first-order valence-corrected chi connectivity index (χ1v) is 16.2. The molecule has 2 heterocycles. The van der Waals surface area contributed by atoms with Crippen molar-refractivity contribution in [3.63, 3.8) is 0 Å². The van der Waals surface area contributed by atoms with Gasteiger partial charge in [0.05, 0.1) is 20.6 Å². The molecule has 2 N–H and O–H groups in total. The molecule has 43 heavy (non-hydrogen) atoms. The fourth-order valence-corrected chi connectivity index (χ4v) is 6.85. The molecule has 6 rings (SSSR count). The lowest BCUT2D eigenvalue weighted by molar-refractivity contribution is 0.0683. The van der Waals surface area contributed by atoms with Gasteiger partial charge in [-0.25, -0.2) is 22.9 Å². The number of carbonyl (C=O) groups is 2. The average Bonchev–Trinajstić information content (AvgIpc) is 3.71. The average molecular weight is 663 g/mol. The highest BCUT2D eigenvalue weighted by Crippen LogP contribution is 2.42. The Bertz CT molecular complexity index is 1980. The molecule has 0 spiro atoms. The number of hydrogen-bond donors (Lipinski definition) is 2. The minimum absolute atomic E-state index is 0.0198. The number of carboxylic acid groups (broad SMARTS) is 1. The number of amides is 1. The Hall–Kier alpha value is -4.22. The van der Waals surface area contributed by atoms with Crippen molar-refractivity contribution >= 4 is 48.8 Å². The van der Waals surface area contributed by atoms with E-state index in [0.29, 0.717) is 40.0 Å². The number of rotatable bonds is 10. The molecule has 1 aliphatic rings. The number of aryl methyl sites for hydroxylation is 1. The Labute approximate surface area is 256 Å². The predicted octanol–water partition coefficient (Wildman–Crippen LogP) is 6.75. The topological polar surface area (TPSA) is 131 Å². The standard InChI is InChI=1S/C32H28BrN3O6S/c1-2-8-26-34-28(20-14-15-20)29(32(38)39)36(26)18-19-13-16-25-24(17-19)27(33)30(42-25)22-11-6-7-12-23(22)31(37)35-43(40,41)21-9-4-3-5-10-21/h3-7,9-13,16-17,20H,2,8,14-15,18H2,1H3,(H,35,37)(H,38,39). The zero-order valence-corrected chi connectivity index (χ0v) is 25.6. The summed E-state index contributed by atoms with van der Waals surface area (Å²) in [6.45, 7) is 2.37. The second-order valence-corrected chi connectivity index (χ2v) is 13.0. The molecular formula is C32H28BrN3O6S. The second kappa shape index (κ2) is 11.5. The van der Waals surface area contributed by atoms with Gasteiger partial charge in [0.2, 0.25) is 0 Å². The fourth-order valence-electron chi connectivity index (χ4n) is 5.25. The Morgan fingerprint density at radius 3 is 2.49 bits per heavy atom. The summed E-state index contributed by atoms with van der Waals surface area (Å²) in [5.41, 5.74) is 2.88. The van der Waals surface area contributed by atoms with Crippen molar-refractivity contribution in [2.24, 2.45) is 0 Å². The van der Waals surface area contributed by atoms with Crippen LogP contribution in [0.3, 0.4) is 0 Å². The number of fused-ring (bicyclic) bond motifs is 1. The minimum atomic E-state index is -4.09. The van der Waals surface area contributed by atoms with Crippen LogP contribution in [0.4, 0.5) is 0 Å². The van der Waals surface area contributed by atoms with Gasteiger partial charge in [-0.15, -0.1) is 0 Å². The van der Waals surface area contributed by atoms with E-state index in [1.54, 1.807) is 42.5 Å². The lowest BCUT2D eigenvalue weighted by Gasteiger charge is -2.10. The van der Waals surface area contributed by atoms with Crippen LogP contribution in [-0.2, 0) is 23.0 Å². The summed E-state index contributed by atoms with van der Waals surface area (Å²) in [5, 5.41) is 10.8. The molecular weight excluding hydrogens is 634 g/mol. The fraction of sp³-hybridized carbons (Fsp3) is 0.219. The van der Waals surface area contributed by atoms with Crippen molar-refractivity contribution in [3.8, 4) is 11.3 Å². The number of aromatic nitrogens is 2. The molecule has 1 aliphatic carbocycles. The zero-order chi connectivity index (χ0) is 30.3. The highest BCUT2D eigenvalue weighted by Gasteiger charge is 2.34. The summed E-state index contributed by atoms with van der Waals surface area (Å²) in [6, 6.07) is 19.9. The molecule has 2 aromatic heterocycles. The number of carboxylic acids is 1. The molecule has 0 saturated heterocycles. The van der Waals surface area contributed by atoms with Gasteiger partial charge >= 0.3 is 5.97 Å². The summed E-state index contributed by atoms with van der Waals surface area (Å²) in [7, 11) is -4.09. The van der Waals surface area contributed by atoms with Crippen molar-refractivity contribution in [1.29, 1.82) is 0 Å². The number of hydrogen-bond acceptors (Lipinski definition) is 6. The van der Waals surface area contributed by atoms with Crippen LogP contribution in [0, 0.1) is 0 Å². The van der Waals surface area contributed by atoms with Crippen molar-refractivity contribution in [2.45, 2.75) is 50.0 Å². The van der Waals surface area contributed by atoms with Crippen molar-refractivity contribution < 1.29 is 27.5 Å². The van der Waals surface area contributed by atoms with Crippen LogP contribution in [0.25, 0.3) is 22.3 Å². The van der Waals surface area contributed by atoms with Gasteiger partial charge in [0, 0.05) is 29.8 Å². The summed E-state index contributed by atoms with van der Waals surface area (Å²) in [5.74, 6) is -0.431. The third-order valence-electron chi connectivity index (χ3n) is 7.44. The van der Waals surface area contributed by atoms with E-state index >= 15 is 0 Å². The number of benzene rings is 3. The van der Waals surface area contributed by atoms with Gasteiger partial charge in [-0.05, 0) is 71.1 Å². The lowest BCUT2D eigenvalue weighted by Crippen LogP contribution is -2.30. The van der Waals surface area contributed by atoms with Crippen LogP contribution in [0.1, 0.15) is 70.0 Å². The highest BCUT2D eigenvalue weighted by molar-refractivity contribution is 9.10. The zero-order valence-electron chi connectivity index (χ0n) is 23.2. The van der Waals surface area contributed by atoms with Gasteiger partial charge in [0.15, 0.2) is 5.69 Å². The molecule has 220 valence electrons. The molecule has 5 aromatic rings. The molecule has 3 aromatic carbocycles. The Morgan fingerprint density at radius 2 is 1.79 bits per heavy atom. The number of furan rings is 1. The van der Waals surface area contributed by atoms with Crippen LogP contribution in [0.5, 0.6) is 0 Å². The number of imidazole rings is 1. The summed E-state index contributed by atoms with van der Waals surface area (Å²) < 4.78 is 36.4. The molecule has 1 saturated carbocycles. The molecule has 1 fully saturated rings. The third kappa shape index (κ3) is 5.62.